The number of thioether (sulfide) groups is 1. The van der Waals surface area contributed by atoms with Crippen LogP contribution in [0.25, 0.3) is 5.69 Å². The Hall–Kier alpha value is -3.91. The molecule has 1 heterocycles. The van der Waals surface area contributed by atoms with Crippen LogP contribution in [0.3, 0.4) is 0 Å². The van der Waals surface area contributed by atoms with Crippen molar-refractivity contribution in [3.63, 3.8) is 0 Å². The van der Waals surface area contributed by atoms with Crippen LogP contribution in [0.15, 0.2) is 96.4 Å². The standard InChI is InChI=1S/C23H19N5O2S/c29-21(15-31-23-27-24-16-28(23)18-11-5-2-6-12-18)26-20-14-8-7-13-19(20)22(30)25-17-9-3-1-4-10-17/h1-14,16H,15H2,(H,25,30)(H,26,29). The topological polar surface area (TPSA) is 88.9 Å². The summed E-state index contributed by atoms with van der Waals surface area (Å²) in [5, 5.41) is 14.3. The molecule has 2 amide bonds. The van der Waals surface area contributed by atoms with Crippen LogP contribution in [0.1, 0.15) is 10.4 Å². The van der Waals surface area contributed by atoms with Crippen molar-refractivity contribution in [2.24, 2.45) is 0 Å². The van der Waals surface area contributed by atoms with Crippen molar-refractivity contribution >= 4 is 35.0 Å². The molecule has 0 aliphatic rings. The molecule has 4 aromatic rings. The van der Waals surface area contributed by atoms with E-state index in [0.29, 0.717) is 22.1 Å². The number of rotatable bonds is 7. The maximum atomic E-state index is 12.7. The van der Waals surface area contributed by atoms with E-state index in [4.69, 9.17) is 0 Å². The van der Waals surface area contributed by atoms with Gasteiger partial charge in [-0.2, -0.15) is 0 Å². The summed E-state index contributed by atoms with van der Waals surface area (Å²) in [6, 6.07) is 25.7. The fourth-order valence-corrected chi connectivity index (χ4v) is 3.64. The summed E-state index contributed by atoms with van der Waals surface area (Å²) in [5.41, 5.74) is 2.44. The Labute approximate surface area is 183 Å². The first-order valence-corrected chi connectivity index (χ1v) is 10.5. The van der Waals surface area contributed by atoms with Crippen molar-refractivity contribution in [3.05, 3.63) is 96.8 Å². The number of hydrogen-bond acceptors (Lipinski definition) is 5. The van der Waals surface area contributed by atoms with Gasteiger partial charge in [-0.3, -0.25) is 14.2 Å². The molecule has 0 aliphatic heterocycles. The highest BCUT2D eigenvalue weighted by molar-refractivity contribution is 7.99. The third-order valence-electron chi connectivity index (χ3n) is 4.36. The second-order valence-corrected chi connectivity index (χ2v) is 7.46. The van der Waals surface area contributed by atoms with Crippen LogP contribution < -0.4 is 10.6 Å². The van der Waals surface area contributed by atoms with E-state index < -0.39 is 0 Å². The molecule has 0 unspecified atom stereocenters. The molecule has 0 atom stereocenters. The number of nitrogens with zero attached hydrogens (tertiary/aromatic N) is 3. The summed E-state index contributed by atoms with van der Waals surface area (Å²) in [4.78, 5) is 25.2. The predicted molar refractivity (Wildman–Crippen MR) is 122 cm³/mol. The number of hydrogen-bond donors (Lipinski definition) is 2. The number of amides is 2. The fourth-order valence-electron chi connectivity index (χ4n) is 2.91. The van der Waals surface area contributed by atoms with Crippen LogP contribution in [-0.2, 0) is 4.79 Å². The highest BCUT2D eigenvalue weighted by Crippen LogP contribution is 2.21. The van der Waals surface area contributed by atoms with Gasteiger partial charge in [0, 0.05) is 11.4 Å². The van der Waals surface area contributed by atoms with Gasteiger partial charge in [0.1, 0.15) is 6.33 Å². The van der Waals surface area contributed by atoms with Gasteiger partial charge < -0.3 is 10.6 Å². The zero-order valence-electron chi connectivity index (χ0n) is 16.4. The molecule has 31 heavy (non-hydrogen) atoms. The van der Waals surface area contributed by atoms with Crippen LogP contribution in [0, 0.1) is 0 Å². The van der Waals surface area contributed by atoms with Crippen molar-refractivity contribution in [2.75, 3.05) is 16.4 Å². The quantitative estimate of drug-likeness (QED) is 0.429. The number of benzene rings is 3. The second kappa shape index (κ2) is 9.73. The number of carbonyl (C=O) groups excluding carboxylic acids is 2. The summed E-state index contributed by atoms with van der Waals surface area (Å²) in [7, 11) is 0. The van der Waals surface area contributed by atoms with Crippen molar-refractivity contribution < 1.29 is 9.59 Å². The van der Waals surface area contributed by atoms with Gasteiger partial charge in [0.05, 0.1) is 17.0 Å². The van der Waals surface area contributed by atoms with Crippen LogP contribution in [0.4, 0.5) is 11.4 Å². The molecule has 7 nitrogen and oxygen atoms in total. The summed E-state index contributed by atoms with van der Waals surface area (Å²) in [6.07, 6.45) is 1.61. The second-order valence-electron chi connectivity index (χ2n) is 6.52. The van der Waals surface area contributed by atoms with E-state index in [2.05, 4.69) is 20.8 Å². The highest BCUT2D eigenvalue weighted by Gasteiger charge is 2.15. The summed E-state index contributed by atoms with van der Waals surface area (Å²) >= 11 is 1.27. The Bertz CT molecular complexity index is 1180. The smallest absolute Gasteiger partial charge is 0.257 e. The van der Waals surface area contributed by atoms with E-state index in [1.807, 2.05) is 53.1 Å². The molecule has 4 rings (SSSR count). The lowest BCUT2D eigenvalue weighted by Crippen LogP contribution is -2.19. The fraction of sp³-hybridized carbons (Fsp3) is 0.0435. The normalized spacial score (nSPS) is 10.5. The molecule has 0 fully saturated rings. The van der Waals surface area contributed by atoms with Gasteiger partial charge in [0.2, 0.25) is 5.91 Å². The van der Waals surface area contributed by atoms with Gasteiger partial charge in [-0.1, -0.05) is 60.3 Å². The lowest BCUT2D eigenvalue weighted by Gasteiger charge is -2.11. The molecule has 0 spiro atoms. The largest absolute Gasteiger partial charge is 0.325 e. The molecule has 8 heteroatoms. The van der Waals surface area contributed by atoms with Gasteiger partial charge in [0.15, 0.2) is 5.16 Å². The van der Waals surface area contributed by atoms with E-state index in [1.54, 1.807) is 42.7 Å². The van der Waals surface area contributed by atoms with Crippen molar-refractivity contribution in [1.82, 2.24) is 14.8 Å². The van der Waals surface area contributed by atoms with Gasteiger partial charge >= 0.3 is 0 Å². The van der Waals surface area contributed by atoms with Gasteiger partial charge in [-0.05, 0) is 36.4 Å². The number of anilines is 2. The molecular weight excluding hydrogens is 410 g/mol. The number of aromatic nitrogens is 3. The van der Waals surface area contributed by atoms with Crippen LogP contribution in [0.2, 0.25) is 0 Å². The van der Waals surface area contributed by atoms with E-state index in [0.717, 1.165) is 5.69 Å². The van der Waals surface area contributed by atoms with Crippen molar-refractivity contribution in [3.8, 4) is 5.69 Å². The molecule has 0 aliphatic carbocycles. The first kappa shape index (κ1) is 20.4. The van der Waals surface area contributed by atoms with E-state index in [1.165, 1.54) is 11.8 Å². The summed E-state index contributed by atoms with van der Waals surface area (Å²) in [5.74, 6) is -0.411. The molecule has 3 aromatic carbocycles. The predicted octanol–water partition coefficient (Wildman–Crippen LogP) is 4.25. The van der Waals surface area contributed by atoms with Crippen molar-refractivity contribution in [2.45, 2.75) is 5.16 Å². The summed E-state index contributed by atoms with van der Waals surface area (Å²) < 4.78 is 1.82. The third-order valence-corrected chi connectivity index (χ3v) is 5.30. The van der Waals surface area contributed by atoms with E-state index in [-0.39, 0.29) is 17.6 Å². The molecule has 2 N–H and O–H groups in total. The zero-order chi connectivity index (χ0) is 21.5. The molecule has 0 saturated heterocycles. The van der Waals surface area contributed by atoms with Gasteiger partial charge in [-0.15, -0.1) is 10.2 Å². The monoisotopic (exact) mass is 429 g/mol. The Morgan fingerprint density at radius 3 is 2.29 bits per heavy atom. The lowest BCUT2D eigenvalue weighted by molar-refractivity contribution is -0.113. The Morgan fingerprint density at radius 1 is 0.839 bits per heavy atom. The molecular formula is C23H19N5O2S. The zero-order valence-corrected chi connectivity index (χ0v) is 17.3. The maximum Gasteiger partial charge on any atom is 0.257 e. The summed E-state index contributed by atoms with van der Waals surface area (Å²) in [6.45, 7) is 0. The minimum Gasteiger partial charge on any atom is -0.325 e. The third kappa shape index (κ3) is 5.18. The molecule has 0 radical (unpaired) electrons. The van der Waals surface area contributed by atoms with Crippen LogP contribution >= 0.6 is 11.8 Å². The van der Waals surface area contributed by atoms with Gasteiger partial charge in [0.25, 0.3) is 5.91 Å². The first-order valence-electron chi connectivity index (χ1n) is 9.54. The van der Waals surface area contributed by atoms with Crippen molar-refractivity contribution in [1.29, 1.82) is 0 Å². The Kier molecular flexibility index (Phi) is 6.39. The highest BCUT2D eigenvalue weighted by atomic mass is 32.2. The Balaban J connectivity index is 1.41. The number of nitrogens with one attached hydrogen (secondary N) is 2. The van der Waals surface area contributed by atoms with E-state index >= 15 is 0 Å². The lowest BCUT2D eigenvalue weighted by atomic mass is 10.1. The molecule has 154 valence electrons. The maximum absolute atomic E-state index is 12.7. The first-order chi connectivity index (χ1) is 15.2. The number of para-hydroxylation sites is 3. The molecule has 0 bridgehead atoms. The molecule has 1 aromatic heterocycles. The van der Waals surface area contributed by atoms with Crippen LogP contribution in [0.5, 0.6) is 0 Å². The van der Waals surface area contributed by atoms with Gasteiger partial charge in [-0.25, -0.2) is 0 Å². The average molecular weight is 430 g/mol. The number of carbonyl (C=O) groups is 2. The van der Waals surface area contributed by atoms with Crippen LogP contribution in [-0.4, -0.2) is 32.3 Å². The minimum absolute atomic E-state index is 0.125. The Morgan fingerprint density at radius 2 is 1.52 bits per heavy atom. The average Bonchev–Trinajstić information content (AvgIpc) is 3.28. The van der Waals surface area contributed by atoms with E-state index in [9.17, 15) is 9.59 Å². The molecule has 0 saturated carbocycles. The SMILES string of the molecule is O=C(CSc1nncn1-c1ccccc1)Nc1ccccc1C(=O)Nc1ccccc1. The minimum atomic E-state index is -0.293.